The van der Waals surface area contributed by atoms with Gasteiger partial charge in [0, 0.05) is 12.1 Å². The van der Waals surface area contributed by atoms with Crippen LogP contribution in [0.3, 0.4) is 0 Å². The zero-order valence-electron chi connectivity index (χ0n) is 9.48. The van der Waals surface area contributed by atoms with E-state index in [2.05, 4.69) is 10.3 Å². The van der Waals surface area contributed by atoms with Gasteiger partial charge in [-0.1, -0.05) is 5.21 Å². The number of benzene rings is 1. The van der Waals surface area contributed by atoms with Crippen LogP contribution in [0.15, 0.2) is 18.2 Å². The molecule has 0 fully saturated rings. The summed E-state index contributed by atoms with van der Waals surface area (Å²) in [4.78, 5) is 0. The van der Waals surface area contributed by atoms with Gasteiger partial charge in [-0.15, -0.1) is 5.10 Å². The van der Waals surface area contributed by atoms with E-state index in [9.17, 15) is 8.78 Å². The van der Waals surface area contributed by atoms with Gasteiger partial charge < -0.3 is 5.73 Å². The second-order valence-corrected chi connectivity index (χ2v) is 3.89. The fraction of sp³-hybridized carbons (Fsp3) is 0.273. The normalized spacial score (nSPS) is 12.8. The van der Waals surface area contributed by atoms with E-state index < -0.39 is 11.6 Å². The zero-order chi connectivity index (χ0) is 12.6. The summed E-state index contributed by atoms with van der Waals surface area (Å²) in [7, 11) is 0. The molecule has 0 amide bonds. The Morgan fingerprint density at radius 2 is 1.82 bits per heavy atom. The summed E-state index contributed by atoms with van der Waals surface area (Å²) >= 11 is 0. The molecule has 0 aliphatic heterocycles. The van der Waals surface area contributed by atoms with Gasteiger partial charge >= 0.3 is 0 Å². The molecule has 17 heavy (non-hydrogen) atoms. The van der Waals surface area contributed by atoms with Gasteiger partial charge in [0.2, 0.25) is 0 Å². The molecule has 6 heteroatoms. The van der Waals surface area contributed by atoms with E-state index in [1.54, 1.807) is 13.8 Å². The summed E-state index contributed by atoms with van der Waals surface area (Å²) in [6.45, 7) is 3.52. The Bertz CT molecular complexity index is 528. The summed E-state index contributed by atoms with van der Waals surface area (Å²) in [5.74, 6) is -1.31. The maximum atomic E-state index is 13.1. The SMILES string of the molecule is Cc1c(C(C)N)nnn1-c1cc(F)cc(F)c1. The summed E-state index contributed by atoms with van der Waals surface area (Å²) in [5, 5.41) is 7.74. The molecule has 0 radical (unpaired) electrons. The van der Waals surface area contributed by atoms with Crippen LogP contribution >= 0.6 is 0 Å². The Morgan fingerprint density at radius 3 is 2.29 bits per heavy atom. The lowest BCUT2D eigenvalue weighted by Crippen LogP contribution is -2.08. The Morgan fingerprint density at radius 1 is 1.24 bits per heavy atom. The number of nitrogens with zero attached hydrogens (tertiary/aromatic N) is 3. The standard InChI is InChI=1S/C11H12F2N4/c1-6(14)11-7(2)17(16-15-11)10-4-8(12)3-9(13)5-10/h3-6H,14H2,1-2H3. The van der Waals surface area contributed by atoms with Crippen LogP contribution < -0.4 is 5.73 Å². The molecule has 1 unspecified atom stereocenters. The van der Waals surface area contributed by atoms with Crippen LogP contribution in [-0.2, 0) is 0 Å². The molecule has 1 atom stereocenters. The lowest BCUT2D eigenvalue weighted by Gasteiger charge is -2.05. The van der Waals surface area contributed by atoms with Crippen LogP contribution in [0.2, 0.25) is 0 Å². The molecule has 2 aromatic rings. The van der Waals surface area contributed by atoms with Gasteiger partial charge in [0.1, 0.15) is 17.3 Å². The molecule has 4 nitrogen and oxygen atoms in total. The topological polar surface area (TPSA) is 56.7 Å². The second kappa shape index (κ2) is 4.21. The molecule has 2 rings (SSSR count). The number of hydrogen-bond donors (Lipinski definition) is 1. The van der Waals surface area contributed by atoms with Crippen molar-refractivity contribution in [2.24, 2.45) is 5.73 Å². The lowest BCUT2D eigenvalue weighted by molar-refractivity contribution is 0.579. The molecule has 0 aliphatic rings. The smallest absolute Gasteiger partial charge is 0.128 e. The summed E-state index contributed by atoms with van der Waals surface area (Å²) in [6, 6.07) is 2.91. The van der Waals surface area contributed by atoms with Crippen molar-refractivity contribution in [3.8, 4) is 5.69 Å². The van der Waals surface area contributed by atoms with Crippen LogP contribution in [0.4, 0.5) is 8.78 Å². The summed E-state index contributed by atoms with van der Waals surface area (Å²) < 4.78 is 27.5. The van der Waals surface area contributed by atoms with Gasteiger partial charge in [-0.25, -0.2) is 13.5 Å². The highest BCUT2D eigenvalue weighted by Crippen LogP contribution is 2.17. The molecular weight excluding hydrogens is 226 g/mol. The van der Waals surface area contributed by atoms with Crippen LogP contribution in [0, 0.1) is 18.6 Å². The van der Waals surface area contributed by atoms with E-state index >= 15 is 0 Å². The van der Waals surface area contributed by atoms with Crippen molar-refractivity contribution in [1.29, 1.82) is 0 Å². The molecular formula is C11H12F2N4. The van der Waals surface area contributed by atoms with Crippen LogP contribution in [-0.4, -0.2) is 15.0 Å². The van der Waals surface area contributed by atoms with Crippen molar-refractivity contribution in [1.82, 2.24) is 15.0 Å². The largest absolute Gasteiger partial charge is 0.323 e. The van der Waals surface area contributed by atoms with Gasteiger partial charge in [-0.3, -0.25) is 0 Å². The first-order chi connectivity index (χ1) is 7.99. The van der Waals surface area contributed by atoms with E-state index in [0.29, 0.717) is 17.1 Å². The van der Waals surface area contributed by atoms with Crippen molar-refractivity contribution in [2.45, 2.75) is 19.9 Å². The van der Waals surface area contributed by atoms with E-state index in [1.165, 1.54) is 16.8 Å². The average molecular weight is 238 g/mol. The number of hydrogen-bond acceptors (Lipinski definition) is 3. The first-order valence-electron chi connectivity index (χ1n) is 5.13. The molecule has 1 aromatic heterocycles. The van der Waals surface area contributed by atoms with E-state index in [4.69, 9.17) is 5.73 Å². The maximum absolute atomic E-state index is 13.1. The molecule has 0 aliphatic carbocycles. The maximum Gasteiger partial charge on any atom is 0.128 e. The Hall–Kier alpha value is -1.82. The molecule has 2 N–H and O–H groups in total. The van der Waals surface area contributed by atoms with E-state index in [-0.39, 0.29) is 6.04 Å². The molecule has 0 saturated carbocycles. The molecule has 0 saturated heterocycles. The number of nitrogens with two attached hydrogens (primary N) is 1. The third-order valence-corrected chi connectivity index (χ3v) is 2.45. The predicted octanol–water partition coefficient (Wildman–Crippen LogP) is 1.87. The molecule has 1 aromatic carbocycles. The van der Waals surface area contributed by atoms with Crippen molar-refractivity contribution in [3.63, 3.8) is 0 Å². The highest BCUT2D eigenvalue weighted by atomic mass is 19.1. The second-order valence-electron chi connectivity index (χ2n) is 3.89. The van der Waals surface area contributed by atoms with Gasteiger partial charge in [0.15, 0.2) is 0 Å². The lowest BCUT2D eigenvalue weighted by atomic mass is 10.2. The van der Waals surface area contributed by atoms with E-state index in [0.717, 1.165) is 6.07 Å². The molecule has 0 bridgehead atoms. The molecule has 90 valence electrons. The summed E-state index contributed by atoms with van der Waals surface area (Å²) in [5.41, 5.74) is 7.27. The van der Waals surface area contributed by atoms with Gasteiger partial charge in [0.05, 0.1) is 11.4 Å². The third kappa shape index (κ3) is 2.16. The van der Waals surface area contributed by atoms with Crippen molar-refractivity contribution >= 4 is 0 Å². The van der Waals surface area contributed by atoms with Crippen molar-refractivity contribution < 1.29 is 8.78 Å². The van der Waals surface area contributed by atoms with Crippen molar-refractivity contribution in [2.75, 3.05) is 0 Å². The fourth-order valence-electron chi connectivity index (χ4n) is 1.67. The van der Waals surface area contributed by atoms with Crippen LogP contribution in [0.25, 0.3) is 5.69 Å². The predicted molar refractivity (Wildman–Crippen MR) is 58.6 cm³/mol. The van der Waals surface area contributed by atoms with Gasteiger partial charge in [0.25, 0.3) is 0 Å². The third-order valence-electron chi connectivity index (χ3n) is 2.45. The van der Waals surface area contributed by atoms with Crippen LogP contribution in [0.1, 0.15) is 24.4 Å². The first kappa shape index (κ1) is 11.7. The number of aromatic nitrogens is 3. The minimum atomic E-state index is -0.655. The number of halogens is 2. The fourth-order valence-corrected chi connectivity index (χ4v) is 1.67. The average Bonchev–Trinajstić information content (AvgIpc) is 2.58. The van der Waals surface area contributed by atoms with Crippen LogP contribution in [0.5, 0.6) is 0 Å². The summed E-state index contributed by atoms with van der Waals surface area (Å²) in [6.07, 6.45) is 0. The minimum absolute atomic E-state index is 0.276. The van der Waals surface area contributed by atoms with Gasteiger partial charge in [-0.05, 0) is 26.0 Å². The van der Waals surface area contributed by atoms with E-state index in [1.807, 2.05) is 0 Å². The highest BCUT2D eigenvalue weighted by Gasteiger charge is 2.14. The Balaban J connectivity index is 2.53. The first-order valence-corrected chi connectivity index (χ1v) is 5.13. The monoisotopic (exact) mass is 238 g/mol. The molecule has 1 heterocycles. The van der Waals surface area contributed by atoms with Crippen molar-refractivity contribution in [3.05, 3.63) is 41.2 Å². The zero-order valence-corrected chi connectivity index (χ0v) is 9.48. The Labute approximate surface area is 97.0 Å². The Kier molecular flexibility index (Phi) is 2.89. The van der Waals surface area contributed by atoms with Gasteiger partial charge in [-0.2, -0.15) is 0 Å². The number of rotatable bonds is 2. The minimum Gasteiger partial charge on any atom is -0.323 e. The molecule has 0 spiro atoms. The highest BCUT2D eigenvalue weighted by molar-refractivity contribution is 5.34. The quantitative estimate of drug-likeness (QED) is 0.869.